The Morgan fingerprint density at radius 1 is 1.50 bits per heavy atom. The first-order chi connectivity index (χ1) is 10.7. The minimum Gasteiger partial charge on any atom is -0.472 e. The molecule has 7 nitrogen and oxygen atoms in total. The number of anilines is 1. The molecule has 0 aliphatic carbocycles. The van der Waals surface area contributed by atoms with Crippen molar-refractivity contribution < 1.29 is 14.3 Å². The van der Waals surface area contributed by atoms with Crippen LogP contribution in [0.3, 0.4) is 0 Å². The molecule has 9 heteroatoms. The Hall–Kier alpha value is -1.71. The summed E-state index contributed by atoms with van der Waals surface area (Å²) in [6.45, 7) is 3.03. The SMILES string of the molecule is COc1nnc(NC(=O)N2C[C@H](C)O[C@@H](c3ccsc3)C2)s1. The molecule has 3 rings (SSSR count). The van der Waals surface area contributed by atoms with Crippen molar-refractivity contribution in [2.45, 2.75) is 19.1 Å². The fraction of sp³-hybridized carbons (Fsp3) is 0.462. The molecule has 1 N–H and O–H groups in total. The molecule has 1 fully saturated rings. The molecular formula is C13H16N4O3S2. The van der Waals surface area contributed by atoms with Crippen LogP contribution in [0.5, 0.6) is 5.19 Å². The third-order valence-corrected chi connectivity index (χ3v) is 4.76. The Labute approximate surface area is 135 Å². The van der Waals surface area contributed by atoms with Gasteiger partial charge in [0.2, 0.25) is 5.13 Å². The molecule has 0 aromatic carbocycles. The first-order valence-corrected chi connectivity index (χ1v) is 8.52. The molecule has 0 unspecified atom stereocenters. The third-order valence-electron chi connectivity index (χ3n) is 3.26. The van der Waals surface area contributed by atoms with Crippen molar-refractivity contribution in [3.05, 3.63) is 22.4 Å². The maximum atomic E-state index is 12.4. The number of hydrogen-bond acceptors (Lipinski definition) is 7. The fourth-order valence-electron chi connectivity index (χ4n) is 2.27. The van der Waals surface area contributed by atoms with Gasteiger partial charge in [0, 0.05) is 6.54 Å². The number of urea groups is 1. The number of thiophene rings is 1. The van der Waals surface area contributed by atoms with Crippen LogP contribution >= 0.6 is 22.7 Å². The molecule has 0 radical (unpaired) electrons. The Kier molecular flexibility index (Phi) is 4.55. The molecule has 0 bridgehead atoms. The Morgan fingerprint density at radius 3 is 3.05 bits per heavy atom. The van der Waals surface area contributed by atoms with Gasteiger partial charge in [-0.3, -0.25) is 5.32 Å². The molecule has 1 aliphatic heterocycles. The van der Waals surface area contributed by atoms with Crippen molar-refractivity contribution >= 4 is 33.8 Å². The van der Waals surface area contributed by atoms with Crippen molar-refractivity contribution in [3.63, 3.8) is 0 Å². The predicted molar refractivity (Wildman–Crippen MR) is 84.7 cm³/mol. The molecule has 0 spiro atoms. The van der Waals surface area contributed by atoms with Crippen LogP contribution in [0.15, 0.2) is 16.8 Å². The van der Waals surface area contributed by atoms with Gasteiger partial charge in [-0.1, -0.05) is 5.10 Å². The number of nitrogens with zero attached hydrogens (tertiary/aromatic N) is 3. The maximum Gasteiger partial charge on any atom is 0.323 e. The Balaban J connectivity index is 1.66. The lowest BCUT2D eigenvalue weighted by atomic mass is 10.1. The van der Waals surface area contributed by atoms with Crippen molar-refractivity contribution in [1.29, 1.82) is 0 Å². The second-order valence-corrected chi connectivity index (χ2v) is 6.62. The van der Waals surface area contributed by atoms with E-state index in [2.05, 4.69) is 20.9 Å². The topological polar surface area (TPSA) is 76.6 Å². The van der Waals surface area contributed by atoms with Crippen LogP contribution in [0, 0.1) is 0 Å². The van der Waals surface area contributed by atoms with E-state index in [0.29, 0.717) is 23.4 Å². The summed E-state index contributed by atoms with van der Waals surface area (Å²) in [6.07, 6.45) is -0.113. The van der Waals surface area contributed by atoms with Gasteiger partial charge in [0.15, 0.2) is 0 Å². The number of amides is 2. The average Bonchev–Trinajstić information content (AvgIpc) is 3.18. The van der Waals surface area contributed by atoms with Crippen molar-refractivity contribution in [3.8, 4) is 5.19 Å². The quantitative estimate of drug-likeness (QED) is 0.929. The number of morpholine rings is 1. The molecule has 0 saturated carbocycles. The highest BCUT2D eigenvalue weighted by molar-refractivity contribution is 7.17. The molecule has 2 amide bonds. The van der Waals surface area contributed by atoms with Crippen molar-refractivity contribution in [1.82, 2.24) is 15.1 Å². The molecule has 22 heavy (non-hydrogen) atoms. The van der Waals surface area contributed by atoms with Crippen LogP contribution in [-0.4, -0.2) is 47.4 Å². The van der Waals surface area contributed by atoms with E-state index >= 15 is 0 Å². The smallest absolute Gasteiger partial charge is 0.323 e. The number of hydrogen-bond donors (Lipinski definition) is 1. The van der Waals surface area contributed by atoms with Crippen LogP contribution in [0.25, 0.3) is 0 Å². The standard InChI is InChI=1S/C13H16N4O3S2/c1-8-5-17(6-10(20-8)9-3-4-21-7-9)12(18)14-11-15-16-13(19-2)22-11/h3-4,7-8,10H,5-6H2,1-2H3,(H,14,15,18)/t8-,10+/m0/s1. The molecule has 1 saturated heterocycles. The summed E-state index contributed by atoms with van der Waals surface area (Å²) in [7, 11) is 1.52. The fourth-order valence-corrected chi connectivity index (χ4v) is 3.52. The number of methoxy groups -OCH3 is 1. The van der Waals surface area contributed by atoms with Gasteiger partial charge in [-0.15, -0.1) is 5.10 Å². The highest BCUT2D eigenvalue weighted by atomic mass is 32.1. The number of rotatable bonds is 3. The van der Waals surface area contributed by atoms with Gasteiger partial charge in [0.25, 0.3) is 5.19 Å². The minimum atomic E-state index is -0.200. The van der Waals surface area contributed by atoms with Crippen LogP contribution in [0.4, 0.5) is 9.93 Å². The molecular weight excluding hydrogens is 324 g/mol. The lowest BCUT2D eigenvalue weighted by molar-refractivity contribution is -0.0640. The van der Waals surface area contributed by atoms with E-state index in [1.54, 1.807) is 16.2 Å². The average molecular weight is 340 g/mol. The lowest BCUT2D eigenvalue weighted by Gasteiger charge is -2.36. The molecule has 1 aliphatic rings. The number of aromatic nitrogens is 2. The largest absolute Gasteiger partial charge is 0.472 e. The highest BCUT2D eigenvalue weighted by Crippen LogP contribution is 2.28. The molecule has 118 valence electrons. The molecule has 2 aromatic rings. The van der Waals surface area contributed by atoms with Crippen molar-refractivity contribution in [2.24, 2.45) is 0 Å². The number of carbonyl (C=O) groups is 1. The summed E-state index contributed by atoms with van der Waals surface area (Å²) in [4.78, 5) is 14.1. The zero-order valence-corrected chi connectivity index (χ0v) is 13.8. The molecule has 2 aromatic heterocycles. The summed E-state index contributed by atoms with van der Waals surface area (Å²) in [5, 5.41) is 15.3. The van der Waals surface area contributed by atoms with Gasteiger partial charge in [-0.05, 0) is 40.7 Å². The summed E-state index contributed by atoms with van der Waals surface area (Å²) < 4.78 is 10.9. The van der Waals surface area contributed by atoms with Crippen LogP contribution in [0.1, 0.15) is 18.6 Å². The second kappa shape index (κ2) is 6.59. The van der Waals surface area contributed by atoms with Crippen LogP contribution < -0.4 is 10.1 Å². The first-order valence-electron chi connectivity index (χ1n) is 6.76. The third kappa shape index (κ3) is 3.37. The van der Waals surface area contributed by atoms with E-state index in [1.807, 2.05) is 18.4 Å². The highest BCUT2D eigenvalue weighted by Gasteiger charge is 2.30. The zero-order valence-electron chi connectivity index (χ0n) is 12.2. The Morgan fingerprint density at radius 2 is 2.36 bits per heavy atom. The summed E-state index contributed by atoms with van der Waals surface area (Å²) >= 11 is 2.81. The van der Waals surface area contributed by atoms with E-state index in [9.17, 15) is 4.79 Å². The van der Waals surface area contributed by atoms with E-state index < -0.39 is 0 Å². The van der Waals surface area contributed by atoms with E-state index in [0.717, 1.165) is 5.56 Å². The van der Waals surface area contributed by atoms with E-state index in [-0.39, 0.29) is 18.2 Å². The number of ether oxygens (including phenoxy) is 2. The zero-order chi connectivity index (χ0) is 15.5. The predicted octanol–water partition coefficient (Wildman–Crippen LogP) is 2.60. The van der Waals surface area contributed by atoms with Gasteiger partial charge < -0.3 is 14.4 Å². The van der Waals surface area contributed by atoms with E-state index in [1.165, 1.54) is 18.4 Å². The first kappa shape index (κ1) is 15.2. The molecule has 2 atom stereocenters. The van der Waals surface area contributed by atoms with Crippen molar-refractivity contribution in [2.75, 3.05) is 25.5 Å². The minimum absolute atomic E-state index is 0.0200. The Bertz CT molecular complexity index is 631. The normalized spacial score (nSPS) is 21.6. The monoisotopic (exact) mass is 340 g/mol. The summed E-state index contributed by atoms with van der Waals surface area (Å²) in [5.41, 5.74) is 1.10. The number of carbonyl (C=O) groups excluding carboxylic acids is 1. The second-order valence-electron chi connectivity index (χ2n) is 4.90. The van der Waals surface area contributed by atoms with Gasteiger partial charge >= 0.3 is 6.03 Å². The summed E-state index contributed by atoms with van der Waals surface area (Å²) in [6, 6.07) is 1.83. The van der Waals surface area contributed by atoms with Gasteiger partial charge in [-0.25, -0.2) is 4.79 Å². The number of nitrogens with one attached hydrogen (secondary N) is 1. The van der Waals surface area contributed by atoms with Gasteiger partial charge in [-0.2, -0.15) is 11.3 Å². The molecule has 3 heterocycles. The van der Waals surface area contributed by atoms with Crippen LogP contribution in [-0.2, 0) is 4.74 Å². The maximum absolute atomic E-state index is 12.4. The van der Waals surface area contributed by atoms with Crippen LogP contribution in [0.2, 0.25) is 0 Å². The van der Waals surface area contributed by atoms with E-state index in [4.69, 9.17) is 9.47 Å². The van der Waals surface area contributed by atoms with Gasteiger partial charge in [0.05, 0.1) is 19.8 Å². The van der Waals surface area contributed by atoms with Gasteiger partial charge in [0.1, 0.15) is 6.10 Å². The lowest BCUT2D eigenvalue weighted by Crippen LogP contribution is -2.47. The summed E-state index contributed by atoms with van der Waals surface area (Å²) in [5.74, 6) is 0.